The Morgan fingerprint density at radius 1 is 0.308 bits per heavy atom. The Hall–Kier alpha value is -1.94. The van der Waals surface area contributed by atoms with Crippen LogP contribution in [0, 0.1) is 23.7 Å². The molecule has 0 rings (SSSR count). The van der Waals surface area contributed by atoms with Crippen molar-refractivity contribution in [1.29, 1.82) is 0 Å². The van der Waals surface area contributed by atoms with E-state index in [4.69, 9.17) is 37.0 Å². The maximum atomic E-state index is 13.0. The number of ether oxygens (including phenoxy) is 4. The summed E-state index contributed by atoms with van der Waals surface area (Å²) in [5.41, 5.74) is 0. The zero-order chi connectivity index (χ0) is 67.5. The van der Waals surface area contributed by atoms with Crippen molar-refractivity contribution in [2.45, 2.75) is 375 Å². The van der Waals surface area contributed by atoms with Crippen molar-refractivity contribution in [3.05, 3.63) is 0 Å². The third-order valence-electron chi connectivity index (χ3n) is 16.9. The van der Waals surface area contributed by atoms with E-state index in [0.29, 0.717) is 31.6 Å². The van der Waals surface area contributed by atoms with Gasteiger partial charge in [0.05, 0.1) is 26.4 Å². The Labute approximate surface area is 556 Å². The van der Waals surface area contributed by atoms with Gasteiger partial charge in [-0.3, -0.25) is 37.3 Å². The highest BCUT2D eigenvalue weighted by Gasteiger charge is 2.30. The lowest BCUT2D eigenvalue weighted by Gasteiger charge is -2.21. The van der Waals surface area contributed by atoms with Gasteiger partial charge < -0.3 is 33.8 Å². The second kappa shape index (κ2) is 61.6. The molecule has 0 saturated heterocycles. The molecule has 0 bridgehead atoms. The van der Waals surface area contributed by atoms with Crippen molar-refractivity contribution < 1.29 is 80.2 Å². The van der Waals surface area contributed by atoms with Crippen LogP contribution in [0.5, 0.6) is 0 Å². The average Bonchev–Trinajstić information content (AvgIpc) is 3.08. The zero-order valence-electron chi connectivity index (χ0n) is 59.5. The number of hydrogen-bond donors (Lipinski definition) is 3. The molecule has 0 aliphatic rings. The molecule has 6 atom stereocenters. The number of phosphoric ester groups is 2. The van der Waals surface area contributed by atoms with Crippen molar-refractivity contribution in [1.82, 2.24) is 0 Å². The van der Waals surface area contributed by atoms with Crippen LogP contribution in [0.3, 0.4) is 0 Å². The first-order chi connectivity index (χ1) is 43.6. The number of hydrogen-bond acceptors (Lipinski definition) is 15. The highest BCUT2D eigenvalue weighted by atomic mass is 31.2. The number of carbonyl (C=O) groups excluding carboxylic acids is 4. The smallest absolute Gasteiger partial charge is 0.462 e. The van der Waals surface area contributed by atoms with Gasteiger partial charge >= 0.3 is 39.5 Å². The number of rotatable bonds is 69. The molecule has 0 heterocycles. The maximum absolute atomic E-state index is 13.0. The molecular formula is C72H140O17P2. The number of phosphoric acid groups is 2. The fourth-order valence-electron chi connectivity index (χ4n) is 10.8. The minimum Gasteiger partial charge on any atom is -0.462 e. The molecule has 0 aromatic heterocycles. The van der Waals surface area contributed by atoms with E-state index in [0.717, 1.165) is 114 Å². The first-order valence-electron chi connectivity index (χ1n) is 37.2. The summed E-state index contributed by atoms with van der Waals surface area (Å²) in [4.78, 5) is 72.6. The molecule has 4 unspecified atom stereocenters. The van der Waals surface area contributed by atoms with E-state index < -0.39 is 97.5 Å². The summed E-state index contributed by atoms with van der Waals surface area (Å²) < 4.78 is 68.3. The van der Waals surface area contributed by atoms with Crippen LogP contribution in [0.15, 0.2) is 0 Å². The van der Waals surface area contributed by atoms with E-state index in [1.54, 1.807) is 0 Å². The normalized spacial score (nSPS) is 14.5. The van der Waals surface area contributed by atoms with Crippen molar-refractivity contribution in [3.63, 3.8) is 0 Å². The van der Waals surface area contributed by atoms with Gasteiger partial charge in [-0.05, 0) is 49.4 Å². The standard InChI is InChI=1S/C72H140O17P2/c1-9-65(8)51-43-35-29-31-39-47-55-72(77)89-68(58-82-69(74)52-44-36-26-22-18-15-14-17-21-25-33-41-49-63(4)5)61-87-91(80,81)85-57-66(73)56-84-90(78,79)86-60-67(59-83-70(75)53-45-37-30-28-34-42-50-64(6)7)88-71(76)54-46-38-27-23-19-13-11-10-12-16-20-24-32-40-48-62(2)3/h62-68,73H,9-61H2,1-8H3,(H,78,79)(H,80,81)/t65?,66?,67-,68-/m1/s1. The summed E-state index contributed by atoms with van der Waals surface area (Å²) in [6.45, 7) is 14.1. The van der Waals surface area contributed by atoms with Gasteiger partial charge in [0.2, 0.25) is 0 Å². The number of carbonyl (C=O) groups is 4. The number of aliphatic hydroxyl groups is 1. The van der Waals surface area contributed by atoms with E-state index in [2.05, 4.69) is 55.4 Å². The molecule has 0 amide bonds. The second-order valence-corrected chi connectivity index (χ2v) is 30.6. The summed E-state index contributed by atoms with van der Waals surface area (Å²) in [7, 11) is -9.90. The lowest BCUT2D eigenvalue weighted by atomic mass is 10.00. The largest absolute Gasteiger partial charge is 0.472 e. The molecular weight excluding hydrogens is 1200 g/mol. The van der Waals surface area contributed by atoms with Crippen molar-refractivity contribution in [2.75, 3.05) is 39.6 Å². The SMILES string of the molecule is CCC(C)CCCCCCCCC(=O)O[C@H](COC(=O)CCCCCCCCCCCCCCC(C)C)COP(=O)(O)OCC(O)COP(=O)(O)OC[C@@H](COC(=O)CCCCCCCCC(C)C)OC(=O)CCCCCCCCCCCCCCCCC(C)C. The molecule has 0 aromatic carbocycles. The van der Waals surface area contributed by atoms with Gasteiger partial charge in [-0.2, -0.15) is 0 Å². The van der Waals surface area contributed by atoms with Crippen LogP contribution < -0.4 is 0 Å². The zero-order valence-corrected chi connectivity index (χ0v) is 61.3. The lowest BCUT2D eigenvalue weighted by Crippen LogP contribution is -2.30. The minimum absolute atomic E-state index is 0.102. The third kappa shape index (κ3) is 65.1. The number of aliphatic hydroxyl groups excluding tert-OH is 1. The molecule has 19 heteroatoms. The van der Waals surface area contributed by atoms with Gasteiger partial charge in [-0.15, -0.1) is 0 Å². The van der Waals surface area contributed by atoms with Crippen molar-refractivity contribution in [2.24, 2.45) is 23.7 Å². The highest BCUT2D eigenvalue weighted by molar-refractivity contribution is 7.47. The van der Waals surface area contributed by atoms with Gasteiger partial charge in [0.25, 0.3) is 0 Å². The van der Waals surface area contributed by atoms with Gasteiger partial charge in [0.1, 0.15) is 19.3 Å². The van der Waals surface area contributed by atoms with Crippen LogP contribution in [0.4, 0.5) is 0 Å². The lowest BCUT2D eigenvalue weighted by molar-refractivity contribution is -0.161. The molecule has 0 radical (unpaired) electrons. The van der Waals surface area contributed by atoms with Gasteiger partial charge in [0.15, 0.2) is 12.2 Å². The van der Waals surface area contributed by atoms with E-state index in [1.165, 1.54) is 154 Å². The van der Waals surface area contributed by atoms with E-state index >= 15 is 0 Å². The Balaban J connectivity index is 5.20. The van der Waals surface area contributed by atoms with Gasteiger partial charge in [-0.25, -0.2) is 9.13 Å². The van der Waals surface area contributed by atoms with Crippen LogP contribution in [-0.2, 0) is 65.4 Å². The Morgan fingerprint density at radius 2 is 0.527 bits per heavy atom. The molecule has 0 aliphatic heterocycles. The van der Waals surface area contributed by atoms with Crippen LogP contribution in [0.2, 0.25) is 0 Å². The molecule has 0 aromatic rings. The monoisotopic (exact) mass is 1340 g/mol. The highest BCUT2D eigenvalue weighted by Crippen LogP contribution is 2.45. The number of esters is 4. The number of unbranched alkanes of at least 4 members (excludes halogenated alkanes) is 34. The molecule has 0 saturated carbocycles. The molecule has 0 fully saturated rings. The Morgan fingerprint density at radius 3 is 0.780 bits per heavy atom. The Bertz CT molecular complexity index is 1800. The topological polar surface area (TPSA) is 237 Å². The molecule has 0 spiro atoms. The van der Waals surface area contributed by atoms with Crippen LogP contribution in [0.25, 0.3) is 0 Å². The first-order valence-corrected chi connectivity index (χ1v) is 40.2. The summed E-state index contributed by atoms with van der Waals surface area (Å²) >= 11 is 0. The summed E-state index contributed by atoms with van der Waals surface area (Å²) in [6.07, 6.45) is 44.6. The van der Waals surface area contributed by atoms with Crippen molar-refractivity contribution in [3.8, 4) is 0 Å². The fraction of sp³-hybridized carbons (Fsp3) is 0.944. The second-order valence-electron chi connectivity index (χ2n) is 27.6. The van der Waals surface area contributed by atoms with E-state index in [9.17, 15) is 43.2 Å². The van der Waals surface area contributed by atoms with Crippen LogP contribution in [0.1, 0.15) is 357 Å². The molecule has 540 valence electrons. The summed E-state index contributed by atoms with van der Waals surface area (Å²) in [5, 5.41) is 10.6. The predicted molar refractivity (Wildman–Crippen MR) is 367 cm³/mol. The Kier molecular flexibility index (Phi) is 60.3. The average molecular weight is 1340 g/mol. The van der Waals surface area contributed by atoms with Crippen LogP contribution in [-0.4, -0.2) is 96.7 Å². The summed E-state index contributed by atoms with van der Waals surface area (Å²) in [6, 6.07) is 0. The molecule has 3 N–H and O–H groups in total. The van der Waals surface area contributed by atoms with Crippen LogP contribution >= 0.6 is 15.6 Å². The van der Waals surface area contributed by atoms with E-state index in [1.807, 2.05) is 0 Å². The van der Waals surface area contributed by atoms with E-state index in [-0.39, 0.29) is 25.7 Å². The predicted octanol–water partition coefficient (Wildman–Crippen LogP) is 20.5. The quantitative estimate of drug-likeness (QED) is 0.0222. The third-order valence-corrected chi connectivity index (χ3v) is 18.8. The maximum Gasteiger partial charge on any atom is 0.472 e. The van der Waals surface area contributed by atoms with Gasteiger partial charge in [0, 0.05) is 25.7 Å². The van der Waals surface area contributed by atoms with Gasteiger partial charge in [-0.1, -0.05) is 306 Å². The van der Waals surface area contributed by atoms with Crippen molar-refractivity contribution >= 4 is 39.5 Å². The molecule has 0 aliphatic carbocycles. The molecule has 17 nitrogen and oxygen atoms in total. The fourth-order valence-corrected chi connectivity index (χ4v) is 12.4. The minimum atomic E-state index is -4.95. The molecule has 91 heavy (non-hydrogen) atoms. The summed E-state index contributed by atoms with van der Waals surface area (Å²) in [5.74, 6) is 0.846. The first kappa shape index (κ1) is 89.1.